The van der Waals surface area contributed by atoms with Crippen molar-refractivity contribution in [2.45, 2.75) is 0 Å². The summed E-state index contributed by atoms with van der Waals surface area (Å²) in [5.41, 5.74) is 8.52. The Morgan fingerprint density at radius 3 is 1.56 bits per heavy atom. The second-order valence-electron chi connectivity index (χ2n) is 14.0. The fraction of sp³-hybridized carbons (Fsp3) is 0. The van der Waals surface area contributed by atoms with Crippen LogP contribution in [-0.2, 0) is 0 Å². The molecule has 0 unspecified atom stereocenters. The highest BCUT2D eigenvalue weighted by atomic mass is 15.0. The van der Waals surface area contributed by atoms with E-state index in [2.05, 4.69) is 162 Å². The summed E-state index contributed by atoms with van der Waals surface area (Å²) in [5, 5.41) is 9.61. The summed E-state index contributed by atoms with van der Waals surface area (Å²) >= 11 is 0. The first-order chi connectivity index (χ1) is 27.3. The highest BCUT2D eigenvalue weighted by Gasteiger charge is 2.22. The van der Waals surface area contributed by atoms with Gasteiger partial charge in [-0.2, -0.15) is 0 Å². The van der Waals surface area contributed by atoms with Gasteiger partial charge < -0.3 is 4.57 Å². The number of fused-ring (bicyclic) bond motifs is 7. The number of hydrogen-bond acceptors (Lipinski definition) is 3. The molecule has 11 aromatic rings. The largest absolute Gasteiger partial charge is 0.309 e. The van der Waals surface area contributed by atoms with Gasteiger partial charge in [-0.1, -0.05) is 164 Å². The van der Waals surface area contributed by atoms with Gasteiger partial charge in [0, 0.05) is 38.2 Å². The topological polar surface area (TPSA) is 43.6 Å². The highest BCUT2D eigenvalue weighted by Crippen LogP contribution is 2.43. The van der Waals surface area contributed by atoms with E-state index in [0.29, 0.717) is 17.5 Å². The smallest absolute Gasteiger partial charge is 0.164 e. The van der Waals surface area contributed by atoms with Gasteiger partial charge in [-0.15, -0.1) is 0 Å². The van der Waals surface area contributed by atoms with Crippen molar-refractivity contribution in [2.24, 2.45) is 0 Å². The zero-order valence-electron chi connectivity index (χ0n) is 29.8. The third-order valence-electron chi connectivity index (χ3n) is 10.8. The Hall–Kier alpha value is -7.43. The summed E-state index contributed by atoms with van der Waals surface area (Å²) in [7, 11) is 0. The van der Waals surface area contributed by atoms with E-state index in [1.54, 1.807) is 0 Å². The minimum Gasteiger partial charge on any atom is -0.309 e. The highest BCUT2D eigenvalue weighted by molar-refractivity contribution is 6.24. The first-order valence-corrected chi connectivity index (χ1v) is 18.6. The summed E-state index contributed by atoms with van der Waals surface area (Å²) in [6.07, 6.45) is 0. The Bertz CT molecular complexity index is 3180. The van der Waals surface area contributed by atoms with Crippen molar-refractivity contribution in [1.82, 2.24) is 19.5 Å². The van der Waals surface area contributed by atoms with Crippen LogP contribution in [0.3, 0.4) is 0 Å². The van der Waals surface area contributed by atoms with Crippen molar-refractivity contribution in [3.05, 3.63) is 194 Å². The van der Waals surface area contributed by atoms with E-state index in [1.165, 1.54) is 43.4 Å². The molecule has 256 valence electrons. The molecule has 0 bridgehead atoms. The Labute approximate surface area is 317 Å². The van der Waals surface area contributed by atoms with Crippen LogP contribution in [-0.4, -0.2) is 19.5 Å². The van der Waals surface area contributed by atoms with Crippen molar-refractivity contribution in [3.63, 3.8) is 0 Å². The summed E-state index contributed by atoms with van der Waals surface area (Å²) in [6.45, 7) is 0. The quantitative estimate of drug-likeness (QED) is 0.179. The van der Waals surface area contributed by atoms with Crippen LogP contribution in [0.5, 0.6) is 0 Å². The number of hydrogen-bond donors (Lipinski definition) is 0. The van der Waals surface area contributed by atoms with Gasteiger partial charge in [0.05, 0.1) is 16.7 Å². The zero-order valence-corrected chi connectivity index (χ0v) is 29.8. The average Bonchev–Trinajstić information content (AvgIpc) is 3.59. The monoisotopic (exact) mass is 700 g/mol. The van der Waals surface area contributed by atoms with E-state index in [4.69, 9.17) is 15.0 Å². The van der Waals surface area contributed by atoms with Crippen LogP contribution in [0.4, 0.5) is 0 Å². The molecule has 55 heavy (non-hydrogen) atoms. The van der Waals surface area contributed by atoms with E-state index < -0.39 is 0 Å². The fourth-order valence-corrected chi connectivity index (χ4v) is 8.29. The molecule has 0 saturated carbocycles. The SMILES string of the molecule is c1ccc(-c2nc(-c3ccccc3)nc(-c3ccc(-n4c5cc6ccccc6cc5c5c6ccccc6ccc54)c4cccc(-c5ccccc5)c34)n2)cc1. The molecule has 0 fully saturated rings. The van der Waals surface area contributed by atoms with Gasteiger partial charge in [-0.05, 0) is 63.0 Å². The second-order valence-corrected chi connectivity index (χ2v) is 14.0. The Balaban J connectivity index is 1.26. The average molecular weight is 701 g/mol. The number of rotatable bonds is 5. The minimum absolute atomic E-state index is 0.631. The Kier molecular flexibility index (Phi) is 7.14. The molecule has 0 aliphatic carbocycles. The molecule has 4 heteroatoms. The van der Waals surface area contributed by atoms with E-state index >= 15 is 0 Å². The van der Waals surface area contributed by atoms with Crippen molar-refractivity contribution < 1.29 is 0 Å². The van der Waals surface area contributed by atoms with Gasteiger partial charge in [0.25, 0.3) is 0 Å². The number of benzene rings is 9. The van der Waals surface area contributed by atoms with Crippen LogP contribution in [0.15, 0.2) is 194 Å². The number of nitrogens with zero attached hydrogens (tertiary/aromatic N) is 4. The van der Waals surface area contributed by atoms with Crippen molar-refractivity contribution in [3.8, 4) is 51.0 Å². The molecule has 0 radical (unpaired) electrons. The number of aromatic nitrogens is 4. The van der Waals surface area contributed by atoms with Gasteiger partial charge in [-0.25, -0.2) is 15.0 Å². The van der Waals surface area contributed by atoms with Crippen LogP contribution in [0.25, 0.3) is 105 Å². The van der Waals surface area contributed by atoms with Gasteiger partial charge in [0.1, 0.15) is 0 Å². The van der Waals surface area contributed by atoms with Crippen molar-refractivity contribution in [2.75, 3.05) is 0 Å². The maximum Gasteiger partial charge on any atom is 0.164 e. The van der Waals surface area contributed by atoms with Crippen molar-refractivity contribution >= 4 is 54.1 Å². The second kappa shape index (κ2) is 12.6. The molecule has 0 saturated heterocycles. The normalized spacial score (nSPS) is 11.6. The van der Waals surface area contributed by atoms with E-state index in [9.17, 15) is 0 Å². The maximum atomic E-state index is 5.22. The predicted octanol–water partition coefficient (Wildman–Crippen LogP) is 13.1. The molecule has 0 atom stereocenters. The molecule has 0 amide bonds. The molecule has 11 rings (SSSR count). The molecule has 4 nitrogen and oxygen atoms in total. The zero-order chi connectivity index (χ0) is 36.3. The molecular formula is C51H32N4. The first-order valence-electron chi connectivity index (χ1n) is 18.6. The third-order valence-corrected chi connectivity index (χ3v) is 10.8. The minimum atomic E-state index is 0.631. The molecule has 0 aliphatic heterocycles. The lowest BCUT2D eigenvalue weighted by Gasteiger charge is -2.18. The van der Waals surface area contributed by atoms with E-state index in [0.717, 1.165) is 44.3 Å². The molecular weight excluding hydrogens is 669 g/mol. The molecule has 9 aromatic carbocycles. The van der Waals surface area contributed by atoms with Gasteiger partial charge in [-0.3, -0.25) is 0 Å². The molecule has 0 aliphatic rings. The lowest BCUT2D eigenvalue weighted by Crippen LogP contribution is -2.02. The van der Waals surface area contributed by atoms with Crippen LogP contribution >= 0.6 is 0 Å². The van der Waals surface area contributed by atoms with Crippen molar-refractivity contribution in [1.29, 1.82) is 0 Å². The van der Waals surface area contributed by atoms with Crippen LogP contribution < -0.4 is 0 Å². The van der Waals surface area contributed by atoms with Gasteiger partial charge in [0.2, 0.25) is 0 Å². The molecule has 2 aromatic heterocycles. The lowest BCUT2D eigenvalue weighted by molar-refractivity contribution is 1.08. The Morgan fingerprint density at radius 2 is 0.873 bits per heavy atom. The van der Waals surface area contributed by atoms with Gasteiger partial charge in [0.15, 0.2) is 17.5 Å². The fourth-order valence-electron chi connectivity index (χ4n) is 8.29. The molecule has 0 spiro atoms. The van der Waals surface area contributed by atoms with Gasteiger partial charge >= 0.3 is 0 Å². The summed E-state index contributed by atoms with van der Waals surface area (Å²) in [5.74, 6) is 1.91. The third kappa shape index (κ3) is 5.11. The van der Waals surface area contributed by atoms with E-state index in [-0.39, 0.29) is 0 Å². The summed E-state index contributed by atoms with van der Waals surface area (Å²) < 4.78 is 2.46. The Morgan fingerprint density at radius 1 is 0.309 bits per heavy atom. The van der Waals surface area contributed by atoms with Crippen LogP contribution in [0, 0.1) is 0 Å². The lowest BCUT2D eigenvalue weighted by atomic mass is 9.93. The molecule has 2 heterocycles. The standard InChI is InChI=1S/C51H32N4/c1-4-15-33(16-5-1)39-25-14-26-41-44(55-45-29-27-34-17-12-13-24-40(34)48(45)43-31-37-22-10-11-23-38(37)32-46(43)55)30-28-42(47(39)41)51-53-49(35-18-6-2-7-19-35)52-50(54-51)36-20-8-3-9-21-36/h1-32H. The van der Waals surface area contributed by atoms with E-state index in [1.807, 2.05) is 36.4 Å². The maximum absolute atomic E-state index is 5.22. The summed E-state index contributed by atoms with van der Waals surface area (Å²) in [4.78, 5) is 15.4. The predicted molar refractivity (Wildman–Crippen MR) is 228 cm³/mol. The first kappa shape index (κ1) is 31.1. The summed E-state index contributed by atoms with van der Waals surface area (Å²) in [6, 6.07) is 68.7. The molecule has 0 N–H and O–H groups in total. The van der Waals surface area contributed by atoms with Crippen LogP contribution in [0.2, 0.25) is 0 Å². The van der Waals surface area contributed by atoms with Crippen LogP contribution in [0.1, 0.15) is 0 Å².